The summed E-state index contributed by atoms with van der Waals surface area (Å²) in [6.07, 6.45) is 8.98. The third-order valence-corrected chi connectivity index (χ3v) is 7.22. The topological polar surface area (TPSA) is 222 Å². The van der Waals surface area contributed by atoms with E-state index in [1.807, 2.05) is 11.0 Å². The lowest BCUT2D eigenvalue weighted by atomic mass is 9.98. The first-order chi connectivity index (χ1) is 22.7. The van der Waals surface area contributed by atoms with Crippen molar-refractivity contribution < 1.29 is 33.8 Å². The van der Waals surface area contributed by atoms with Crippen LogP contribution in [0.5, 0.6) is 5.75 Å². The first-order valence-electron chi connectivity index (χ1n) is 15.4. The molecule has 2 atom stereocenters. The minimum absolute atomic E-state index is 0.0940. The number of hydrogen-bond donors (Lipinski definition) is 5. The molecule has 1 unspecified atom stereocenters. The Morgan fingerprint density at radius 3 is 2.49 bits per heavy atom. The van der Waals surface area contributed by atoms with Crippen molar-refractivity contribution in [2.24, 2.45) is 16.9 Å². The molecule has 4 rings (SSSR count). The van der Waals surface area contributed by atoms with Gasteiger partial charge in [-0.2, -0.15) is 5.10 Å². The number of carbonyl (C=O) groups excluding carboxylic acids is 4. The number of amides is 4. The van der Waals surface area contributed by atoms with E-state index in [1.165, 1.54) is 23.5 Å². The van der Waals surface area contributed by atoms with E-state index in [-0.39, 0.29) is 55.6 Å². The number of carbonyl (C=O) groups is 5. The van der Waals surface area contributed by atoms with Crippen molar-refractivity contribution in [3.05, 3.63) is 54.6 Å². The second kappa shape index (κ2) is 19.3. The third-order valence-electron chi connectivity index (χ3n) is 7.22. The maximum atomic E-state index is 13.5. The van der Waals surface area contributed by atoms with Crippen LogP contribution in [0.1, 0.15) is 49.5 Å². The number of rotatable bonds is 15. The molecule has 0 radical (unpaired) electrons. The molecule has 1 aliphatic carbocycles. The van der Waals surface area contributed by atoms with E-state index in [2.05, 4.69) is 31.0 Å². The van der Waals surface area contributed by atoms with Gasteiger partial charge in [0.15, 0.2) is 6.61 Å². The Labute approximate surface area is 273 Å². The highest BCUT2D eigenvalue weighted by atomic mass is 16.5. The van der Waals surface area contributed by atoms with Crippen molar-refractivity contribution in [3.63, 3.8) is 0 Å². The molecule has 2 aromatic rings. The smallest absolute Gasteiger partial charge is 0.300 e. The largest absolute Gasteiger partial charge is 0.484 e. The molecule has 47 heavy (non-hydrogen) atoms. The van der Waals surface area contributed by atoms with Crippen molar-refractivity contribution in [2.75, 3.05) is 39.3 Å². The zero-order valence-corrected chi connectivity index (χ0v) is 26.4. The normalized spacial score (nSPS) is 16.2. The Bertz CT molecular complexity index is 1340. The van der Waals surface area contributed by atoms with Crippen LogP contribution < -0.4 is 26.5 Å². The van der Waals surface area contributed by atoms with Crippen molar-refractivity contribution in [1.29, 1.82) is 0 Å². The van der Waals surface area contributed by atoms with Crippen molar-refractivity contribution in [3.8, 4) is 5.75 Å². The average molecular weight is 654 g/mol. The highest BCUT2D eigenvalue weighted by Crippen LogP contribution is 2.30. The summed E-state index contributed by atoms with van der Waals surface area (Å²) in [5.41, 5.74) is 0.156. The molecule has 2 aliphatic rings. The highest BCUT2D eigenvalue weighted by Gasteiger charge is 2.41. The number of hydrazone groups is 1. The van der Waals surface area contributed by atoms with Crippen LogP contribution >= 0.6 is 0 Å². The van der Waals surface area contributed by atoms with Gasteiger partial charge in [0.2, 0.25) is 11.8 Å². The molecule has 1 aromatic carbocycles. The van der Waals surface area contributed by atoms with Crippen molar-refractivity contribution in [2.45, 2.75) is 51.1 Å². The summed E-state index contributed by atoms with van der Waals surface area (Å²) >= 11 is 0. The van der Waals surface area contributed by atoms with Gasteiger partial charge in [-0.1, -0.05) is 18.2 Å². The summed E-state index contributed by atoms with van der Waals surface area (Å²) in [4.78, 5) is 72.6. The lowest BCUT2D eigenvalue weighted by Gasteiger charge is -2.32. The van der Waals surface area contributed by atoms with Gasteiger partial charge in [-0.25, -0.2) is 4.98 Å². The molecule has 16 nitrogen and oxygen atoms in total. The molecular weight excluding hydrogens is 610 g/mol. The summed E-state index contributed by atoms with van der Waals surface area (Å²) in [5, 5.41) is 19.4. The van der Waals surface area contributed by atoms with Gasteiger partial charge in [0, 0.05) is 58.1 Å². The van der Waals surface area contributed by atoms with E-state index in [0.717, 1.165) is 39.2 Å². The number of carboxylic acids is 1. The first kappa shape index (κ1) is 36.2. The van der Waals surface area contributed by atoms with E-state index in [9.17, 15) is 19.2 Å². The Morgan fingerprint density at radius 2 is 1.83 bits per heavy atom. The zero-order chi connectivity index (χ0) is 34.0. The van der Waals surface area contributed by atoms with E-state index in [0.29, 0.717) is 18.8 Å². The van der Waals surface area contributed by atoms with Crippen LogP contribution in [0.4, 0.5) is 0 Å². The fourth-order valence-corrected chi connectivity index (χ4v) is 4.99. The Morgan fingerprint density at radius 1 is 1.11 bits per heavy atom. The number of benzene rings is 1. The quantitative estimate of drug-likeness (QED) is 0.0565. The number of carboxylic acid groups (broad SMARTS) is 1. The predicted molar refractivity (Wildman–Crippen MR) is 171 cm³/mol. The number of aromatic nitrogens is 2. The summed E-state index contributed by atoms with van der Waals surface area (Å²) in [7, 11) is 0. The monoisotopic (exact) mass is 653 g/mol. The summed E-state index contributed by atoms with van der Waals surface area (Å²) in [5.74, 6) is 3.58. The van der Waals surface area contributed by atoms with Gasteiger partial charge in [0.05, 0.1) is 12.6 Å². The van der Waals surface area contributed by atoms with E-state index in [4.69, 9.17) is 20.5 Å². The predicted octanol–water partition coefficient (Wildman–Crippen LogP) is -0.0276. The minimum atomic E-state index is -1.04. The maximum absolute atomic E-state index is 13.5. The summed E-state index contributed by atoms with van der Waals surface area (Å²) in [6, 6.07) is 7.74. The number of nitrogens with two attached hydrogens (primary N) is 1. The summed E-state index contributed by atoms with van der Waals surface area (Å²) in [6.45, 7) is 3.05. The van der Waals surface area contributed by atoms with E-state index >= 15 is 0 Å². The number of nitrogens with zero attached hydrogens (tertiary/aromatic N) is 5. The third kappa shape index (κ3) is 13.3. The minimum Gasteiger partial charge on any atom is -0.484 e. The molecule has 2 fully saturated rings. The van der Waals surface area contributed by atoms with Gasteiger partial charge in [0.25, 0.3) is 17.8 Å². The standard InChI is InChI=1S/C29H39N9O5.C2H4O2/c30-36-20-37-14-4-5-21(18-37)16-35-26(39)15-25(29(42)34-13-12-33-28(41)24-17-31-10-11-32-24)38(22-8-9-22)27(40)19-43-23-6-2-1-3-7-23;1-2(3)4/h1-3,6-7,10-11,17,20-22,25H,4-5,8-9,12-16,18-19,30H2,(H,33,41)(H,34,42)(H,35,39);1H3,(H,3,4)/t21-,25?;/m0./s1. The van der Waals surface area contributed by atoms with Crippen LogP contribution in [0.3, 0.4) is 0 Å². The molecule has 16 heteroatoms. The Hall–Kier alpha value is -5.28. The van der Waals surface area contributed by atoms with Crippen LogP contribution in [0.15, 0.2) is 54.0 Å². The fraction of sp³-hybridized carbons (Fsp3) is 0.484. The van der Waals surface area contributed by atoms with Gasteiger partial charge in [-0.15, -0.1) is 0 Å². The number of para-hydroxylation sites is 1. The lowest BCUT2D eigenvalue weighted by molar-refractivity contribution is -0.144. The molecule has 0 bridgehead atoms. The van der Waals surface area contributed by atoms with Gasteiger partial charge in [-0.05, 0) is 43.7 Å². The first-order valence-corrected chi connectivity index (χ1v) is 15.4. The average Bonchev–Trinajstić information content (AvgIpc) is 3.90. The van der Waals surface area contributed by atoms with E-state index < -0.39 is 23.8 Å². The lowest BCUT2D eigenvalue weighted by Crippen LogP contribution is -2.54. The molecular formula is C31H43N9O7. The van der Waals surface area contributed by atoms with Gasteiger partial charge < -0.3 is 41.4 Å². The number of likely N-dealkylation sites (tertiary alicyclic amines) is 1. The van der Waals surface area contributed by atoms with Crippen molar-refractivity contribution >= 4 is 35.9 Å². The van der Waals surface area contributed by atoms with Crippen LogP contribution in [0.25, 0.3) is 0 Å². The van der Waals surface area contributed by atoms with Gasteiger partial charge in [0.1, 0.15) is 23.8 Å². The number of aliphatic carboxylic acids is 1. The van der Waals surface area contributed by atoms with Crippen LogP contribution in [-0.2, 0) is 19.2 Å². The second-order valence-corrected chi connectivity index (χ2v) is 11.1. The number of ether oxygens (including phenoxy) is 1. The SMILES string of the molecule is CC(=O)O.NN=CN1CCC[C@@H](CNC(=O)CC(C(=O)NCCNC(=O)c2cnccn2)N(C(=O)COc2ccccc2)C2CC2)C1. The zero-order valence-electron chi connectivity index (χ0n) is 26.4. The molecule has 1 aliphatic heterocycles. The van der Waals surface area contributed by atoms with Crippen LogP contribution in [0, 0.1) is 5.92 Å². The molecule has 6 N–H and O–H groups in total. The van der Waals surface area contributed by atoms with Gasteiger partial charge in [-0.3, -0.25) is 29.0 Å². The number of nitrogens with one attached hydrogen (secondary N) is 3. The fourth-order valence-electron chi connectivity index (χ4n) is 4.99. The molecule has 1 saturated carbocycles. The number of piperidine rings is 1. The maximum Gasteiger partial charge on any atom is 0.300 e. The molecule has 1 aromatic heterocycles. The second-order valence-electron chi connectivity index (χ2n) is 11.1. The van der Waals surface area contributed by atoms with E-state index in [1.54, 1.807) is 30.6 Å². The summed E-state index contributed by atoms with van der Waals surface area (Å²) < 4.78 is 5.68. The van der Waals surface area contributed by atoms with Gasteiger partial charge >= 0.3 is 0 Å². The molecule has 4 amide bonds. The molecule has 254 valence electrons. The Kier molecular flexibility index (Phi) is 14.8. The molecule has 1 saturated heterocycles. The van der Waals surface area contributed by atoms with Crippen LogP contribution in [0.2, 0.25) is 0 Å². The molecule has 2 heterocycles. The number of hydrogen-bond acceptors (Lipinski definition) is 10. The van der Waals surface area contributed by atoms with Crippen LogP contribution in [-0.4, -0.2) is 112 Å². The van der Waals surface area contributed by atoms with Crippen molar-refractivity contribution in [1.82, 2.24) is 35.7 Å². The Balaban J connectivity index is 0.00000142. The highest BCUT2D eigenvalue weighted by molar-refractivity contribution is 5.93. The molecule has 0 spiro atoms.